The lowest BCUT2D eigenvalue weighted by molar-refractivity contribution is 0.210. The summed E-state index contributed by atoms with van der Waals surface area (Å²) >= 11 is 0. The van der Waals surface area contributed by atoms with E-state index in [9.17, 15) is 4.79 Å². The van der Waals surface area contributed by atoms with Gasteiger partial charge in [0.25, 0.3) is 0 Å². The van der Waals surface area contributed by atoms with Crippen LogP contribution in [0.4, 0.5) is 10.5 Å². The average Bonchev–Trinajstić information content (AvgIpc) is 2.82. The third-order valence-corrected chi connectivity index (χ3v) is 4.02. The molecular weight excluding hydrogens is 238 g/mol. The minimum Gasteiger partial charge on any atom is -0.321 e. The Morgan fingerprint density at radius 1 is 1.16 bits per heavy atom. The topological polar surface area (TPSA) is 35.6 Å². The first kappa shape index (κ1) is 12.5. The van der Waals surface area contributed by atoms with Crippen LogP contribution in [-0.4, -0.2) is 43.2 Å². The molecule has 2 heterocycles. The number of carbonyl (C=O) groups excluding carboxylic acids is 1. The zero-order chi connectivity index (χ0) is 13.1. The van der Waals surface area contributed by atoms with Crippen molar-refractivity contribution in [1.82, 2.24) is 10.2 Å². The summed E-state index contributed by atoms with van der Waals surface area (Å²) in [5, 5.41) is 3.51. The smallest absolute Gasteiger partial charge is 0.321 e. The van der Waals surface area contributed by atoms with Crippen LogP contribution in [0.15, 0.2) is 30.3 Å². The predicted molar refractivity (Wildman–Crippen MR) is 76.4 cm³/mol. The fourth-order valence-corrected chi connectivity index (χ4v) is 2.95. The van der Waals surface area contributed by atoms with E-state index < -0.39 is 0 Å². The highest BCUT2D eigenvalue weighted by Crippen LogP contribution is 2.20. The summed E-state index contributed by atoms with van der Waals surface area (Å²) in [6, 6.07) is 10.6. The fraction of sp³-hybridized carbons (Fsp3) is 0.533. The van der Waals surface area contributed by atoms with Gasteiger partial charge in [-0.3, -0.25) is 4.90 Å². The highest BCUT2D eigenvalue weighted by Gasteiger charge is 2.31. The molecule has 4 nitrogen and oxygen atoms in total. The van der Waals surface area contributed by atoms with E-state index in [2.05, 4.69) is 5.32 Å². The van der Waals surface area contributed by atoms with Gasteiger partial charge in [0, 0.05) is 31.4 Å². The van der Waals surface area contributed by atoms with Crippen LogP contribution in [0.5, 0.6) is 0 Å². The Morgan fingerprint density at radius 2 is 2.00 bits per heavy atom. The second kappa shape index (κ2) is 5.61. The summed E-state index contributed by atoms with van der Waals surface area (Å²) in [6.07, 6.45) is 3.73. The number of rotatable bonds is 3. The molecule has 0 radical (unpaired) electrons. The van der Waals surface area contributed by atoms with Crippen molar-refractivity contribution >= 4 is 11.7 Å². The number of nitrogens with one attached hydrogen (secondary N) is 1. The van der Waals surface area contributed by atoms with Crippen molar-refractivity contribution in [3.8, 4) is 0 Å². The van der Waals surface area contributed by atoms with Gasteiger partial charge in [-0.05, 0) is 31.5 Å². The average molecular weight is 259 g/mol. The Morgan fingerprint density at radius 3 is 2.74 bits per heavy atom. The van der Waals surface area contributed by atoms with Crippen LogP contribution in [0.25, 0.3) is 0 Å². The molecule has 0 saturated carbocycles. The van der Waals surface area contributed by atoms with Crippen molar-refractivity contribution in [2.75, 3.05) is 31.1 Å². The second-order valence-corrected chi connectivity index (χ2v) is 5.36. The number of anilines is 1. The maximum Gasteiger partial charge on any atom is 0.324 e. The molecular formula is C15H21N3O. The molecule has 3 rings (SSSR count). The second-order valence-electron chi connectivity index (χ2n) is 5.36. The highest BCUT2D eigenvalue weighted by molar-refractivity contribution is 5.94. The van der Waals surface area contributed by atoms with Crippen molar-refractivity contribution < 1.29 is 4.79 Å². The normalized spacial score (nSPS) is 24.0. The van der Waals surface area contributed by atoms with E-state index in [0.717, 1.165) is 31.9 Å². The summed E-state index contributed by atoms with van der Waals surface area (Å²) in [5.41, 5.74) is 1.01. The number of amides is 2. The van der Waals surface area contributed by atoms with Crippen LogP contribution in [-0.2, 0) is 0 Å². The molecule has 0 spiro atoms. The van der Waals surface area contributed by atoms with Gasteiger partial charge in [-0.1, -0.05) is 24.6 Å². The molecule has 2 amide bonds. The maximum atomic E-state index is 12.4. The third kappa shape index (κ3) is 2.73. The number of hydrogen-bond acceptors (Lipinski definition) is 2. The quantitative estimate of drug-likeness (QED) is 0.902. The first-order chi connectivity index (χ1) is 9.34. The summed E-state index contributed by atoms with van der Waals surface area (Å²) in [5.74, 6) is 0. The van der Waals surface area contributed by atoms with E-state index in [1.54, 1.807) is 0 Å². The van der Waals surface area contributed by atoms with Crippen molar-refractivity contribution in [1.29, 1.82) is 0 Å². The fourth-order valence-electron chi connectivity index (χ4n) is 2.95. The zero-order valence-corrected chi connectivity index (χ0v) is 11.2. The van der Waals surface area contributed by atoms with E-state index in [-0.39, 0.29) is 6.03 Å². The van der Waals surface area contributed by atoms with E-state index in [1.807, 2.05) is 40.1 Å². The monoisotopic (exact) mass is 259 g/mol. The summed E-state index contributed by atoms with van der Waals surface area (Å²) in [4.78, 5) is 16.3. The molecule has 1 N–H and O–H groups in total. The van der Waals surface area contributed by atoms with Crippen LogP contribution >= 0.6 is 0 Å². The van der Waals surface area contributed by atoms with Crippen molar-refractivity contribution in [3.63, 3.8) is 0 Å². The molecule has 2 aliphatic heterocycles. The Kier molecular flexibility index (Phi) is 3.69. The Balaban J connectivity index is 1.62. The molecule has 1 aromatic rings. The number of piperidine rings is 1. The van der Waals surface area contributed by atoms with Gasteiger partial charge in [-0.2, -0.15) is 0 Å². The molecule has 102 valence electrons. The lowest BCUT2D eigenvalue weighted by Gasteiger charge is -2.28. The SMILES string of the molecule is O=C1N(C[C@@H]2CCCCN2)CCN1c1ccccc1. The van der Waals surface area contributed by atoms with E-state index in [1.165, 1.54) is 19.3 Å². The number of benzene rings is 1. The van der Waals surface area contributed by atoms with Gasteiger partial charge in [0.2, 0.25) is 0 Å². The lowest BCUT2D eigenvalue weighted by Crippen LogP contribution is -2.45. The molecule has 0 aromatic heterocycles. The van der Waals surface area contributed by atoms with Crippen LogP contribution in [0.1, 0.15) is 19.3 Å². The molecule has 2 saturated heterocycles. The van der Waals surface area contributed by atoms with Gasteiger partial charge in [0.1, 0.15) is 0 Å². The predicted octanol–water partition coefficient (Wildman–Crippen LogP) is 2.07. The largest absolute Gasteiger partial charge is 0.324 e. The minimum absolute atomic E-state index is 0.151. The van der Waals surface area contributed by atoms with E-state index >= 15 is 0 Å². The molecule has 1 atom stereocenters. The van der Waals surface area contributed by atoms with Crippen molar-refractivity contribution in [2.24, 2.45) is 0 Å². The lowest BCUT2D eigenvalue weighted by atomic mass is 10.0. The highest BCUT2D eigenvalue weighted by atomic mass is 16.2. The van der Waals surface area contributed by atoms with Gasteiger partial charge in [-0.25, -0.2) is 4.79 Å². The minimum atomic E-state index is 0.151. The van der Waals surface area contributed by atoms with Gasteiger partial charge in [0.15, 0.2) is 0 Å². The molecule has 0 aliphatic carbocycles. The van der Waals surface area contributed by atoms with Crippen LogP contribution in [0, 0.1) is 0 Å². The summed E-state index contributed by atoms with van der Waals surface area (Å²) < 4.78 is 0. The first-order valence-corrected chi connectivity index (χ1v) is 7.19. The molecule has 1 aromatic carbocycles. The van der Waals surface area contributed by atoms with Crippen molar-refractivity contribution in [2.45, 2.75) is 25.3 Å². The van der Waals surface area contributed by atoms with Crippen LogP contribution in [0.3, 0.4) is 0 Å². The molecule has 0 bridgehead atoms. The molecule has 2 aliphatic rings. The molecule has 19 heavy (non-hydrogen) atoms. The standard InChI is InChI=1S/C15H21N3O/c19-15-17(12-13-6-4-5-9-16-13)10-11-18(15)14-7-2-1-3-8-14/h1-3,7-8,13,16H,4-6,9-12H2/t13-/m0/s1. The number of urea groups is 1. The third-order valence-electron chi connectivity index (χ3n) is 4.02. The number of para-hydroxylation sites is 1. The Hall–Kier alpha value is -1.55. The zero-order valence-electron chi connectivity index (χ0n) is 11.2. The molecule has 4 heteroatoms. The summed E-state index contributed by atoms with van der Waals surface area (Å²) in [7, 11) is 0. The Labute approximate surface area is 114 Å². The van der Waals surface area contributed by atoms with Crippen molar-refractivity contribution in [3.05, 3.63) is 30.3 Å². The van der Waals surface area contributed by atoms with E-state index in [4.69, 9.17) is 0 Å². The number of hydrogen-bond donors (Lipinski definition) is 1. The number of nitrogens with zero attached hydrogens (tertiary/aromatic N) is 2. The van der Waals surface area contributed by atoms with Gasteiger partial charge >= 0.3 is 6.03 Å². The van der Waals surface area contributed by atoms with Gasteiger partial charge < -0.3 is 10.2 Å². The van der Waals surface area contributed by atoms with Crippen LogP contribution in [0.2, 0.25) is 0 Å². The molecule has 0 unspecified atom stereocenters. The van der Waals surface area contributed by atoms with Crippen LogP contribution < -0.4 is 10.2 Å². The first-order valence-electron chi connectivity index (χ1n) is 7.19. The van der Waals surface area contributed by atoms with Gasteiger partial charge in [-0.15, -0.1) is 0 Å². The maximum absolute atomic E-state index is 12.4. The van der Waals surface area contributed by atoms with E-state index in [0.29, 0.717) is 6.04 Å². The van der Waals surface area contributed by atoms with Gasteiger partial charge in [0.05, 0.1) is 0 Å². The summed E-state index contributed by atoms with van der Waals surface area (Å²) in [6.45, 7) is 3.58. The number of carbonyl (C=O) groups is 1. The Bertz CT molecular complexity index is 428. The molecule has 2 fully saturated rings.